The number of aliphatic hydroxyl groups is 2. The van der Waals surface area contributed by atoms with Crippen molar-refractivity contribution in [1.82, 2.24) is 0 Å². The zero-order valence-corrected chi connectivity index (χ0v) is 13.0. The molecule has 124 valence electrons. The van der Waals surface area contributed by atoms with Crippen LogP contribution in [0, 0.1) is 0 Å². The van der Waals surface area contributed by atoms with Crippen LogP contribution >= 0.6 is 7.82 Å². The van der Waals surface area contributed by atoms with Crippen molar-refractivity contribution in [3.8, 4) is 0 Å². The molecule has 8 nitrogen and oxygen atoms in total. The normalized spacial score (nSPS) is 43.1. The second kappa shape index (κ2) is 7.02. The van der Waals surface area contributed by atoms with Crippen molar-refractivity contribution < 1.29 is 38.2 Å². The number of hydrogen-bond acceptors (Lipinski definition) is 7. The Morgan fingerprint density at radius 2 is 1.81 bits per heavy atom. The van der Waals surface area contributed by atoms with Crippen molar-refractivity contribution in [3.05, 3.63) is 0 Å². The Morgan fingerprint density at radius 3 is 2.38 bits per heavy atom. The summed E-state index contributed by atoms with van der Waals surface area (Å²) in [6.45, 7) is 3.07. The van der Waals surface area contributed by atoms with E-state index in [1.54, 1.807) is 13.8 Å². The van der Waals surface area contributed by atoms with Gasteiger partial charge in [-0.3, -0.25) is 9.05 Å². The third kappa shape index (κ3) is 4.71. The Hall–Kier alpha value is -0.0500. The van der Waals surface area contributed by atoms with Crippen molar-refractivity contribution in [2.24, 2.45) is 0 Å². The maximum absolute atomic E-state index is 11.9. The number of hydrogen-bond donors (Lipinski definition) is 3. The van der Waals surface area contributed by atoms with Crippen molar-refractivity contribution in [2.75, 3.05) is 13.2 Å². The molecule has 2 saturated heterocycles. The average molecular weight is 326 g/mol. The van der Waals surface area contributed by atoms with Crippen LogP contribution in [0.15, 0.2) is 0 Å². The van der Waals surface area contributed by atoms with Gasteiger partial charge in [-0.1, -0.05) is 0 Å². The van der Waals surface area contributed by atoms with Gasteiger partial charge in [-0.2, -0.15) is 0 Å². The van der Waals surface area contributed by atoms with Gasteiger partial charge < -0.3 is 24.6 Å². The Kier molecular flexibility index (Phi) is 5.78. The second-order valence-corrected chi connectivity index (χ2v) is 7.01. The van der Waals surface area contributed by atoms with E-state index in [0.717, 1.165) is 0 Å². The highest BCUT2D eigenvalue weighted by atomic mass is 31.2. The minimum absolute atomic E-state index is 0.115. The van der Waals surface area contributed by atoms with Crippen LogP contribution in [0.1, 0.15) is 26.7 Å². The molecule has 2 fully saturated rings. The lowest BCUT2D eigenvalue weighted by molar-refractivity contribution is -0.0348. The molecule has 0 aromatic carbocycles. The molecule has 0 aliphatic carbocycles. The summed E-state index contributed by atoms with van der Waals surface area (Å²) in [6.07, 6.45) is -2.12. The molecular formula is C12H23O8P. The number of ether oxygens (including phenoxy) is 2. The fourth-order valence-corrected chi connectivity index (χ4v) is 3.61. The molecule has 2 aliphatic rings. The van der Waals surface area contributed by atoms with Crippen molar-refractivity contribution in [3.63, 3.8) is 0 Å². The monoisotopic (exact) mass is 326 g/mol. The summed E-state index contributed by atoms with van der Waals surface area (Å²) >= 11 is 0. The first-order chi connectivity index (χ1) is 9.80. The van der Waals surface area contributed by atoms with Gasteiger partial charge in [-0.25, -0.2) is 4.57 Å². The maximum atomic E-state index is 11.9. The van der Waals surface area contributed by atoms with Gasteiger partial charge in [0.2, 0.25) is 0 Å². The van der Waals surface area contributed by atoms with Crippen molar-refractivity contribution in [2.45, 2.75) is 63.3 Å². The molecule has 2 aliphatic heterocycles. The van der Waals surface area contributed by atoms with Gasteiger partial charge in [-0.15, -0.1) is 0 Å². The zero-order chi connectivity index (χ0) is 15.6. The molecule has 0 aromatic heterocycles. The van der Waals surface area contributed by atoms with Crippen molar-refractivity contribution in [1.29, 1.82) is 0 Å². The van der Waals surface area contributed by atoms with Gasteiger partial charge in [0.05, 0.1) is 31.5 Å². The van der Waals surface area contributed by atoms with Gasteiger partial charge in [0.25, 0.3) is 0 Å². The molecule has 0 radical (unpaired) electrons. The molecule has 2 heterocycles. The van der Waals surface area contributed by atoms with E-state index >= 15 is 0 Å². The molecule has 7 atom stereocenters. The van der Waals surface area contributed by atoms with E-state index in [0.29, 0.717) is 12.8 Å². The average Bonchev–Trinajstić information content (AvgIpc) is 2.88. The molecular weight excluding hydrogens is 303 g/mol. The third-order valence-electron chi connectivity index (χ3n) is 3.65. The van der Waals surface area contributed by atoms with E-state index in [9.17, 15) is 14.6 Å². The summed E-state index contributed by atoms with van der Waals surface area (Å²) in [5.41, 5.74) is 0. The van der Waals surface area contributed by atoms with Crippen LogP contribution in [0.3, 0.4) is 0 Å². The first-order valence-electron chi connectivity index (χ1n) is 7.06. The lowest BCUT2D eigenvalue weighted by Gasteiger charge is -2.21. The lowest BCUT2D eigenvalue weighted by Crippen LogP contribution is -2.29. The van der Waals surface area contributed by atoms with Crippen LogP contribution in [-0.2, 0) is 23.1 Å². The highest BCUT2D eigenvalue weighted by molar-refractivity contribution is 7.47. The van der Waals surface area contributed by atoms with E-state index in [4.69, 9.17) is 23.6 Å². The lowest BCUT2D eigenvalue weighted by atomic mass is 10.1. The van der Waals surface area contributed by atoms with E-state index in [2.05, 4.69) is 0 Å². The fourth-order valence-electron chi connectivity index (χ4n) is 2.65. The predicted molar refractivity (Wildman–Crippen MR) is 71.6 cm³/mol. The molecule has 0 aromatic rings. The van der Waals surface area contributed by atoms with E-state index in [1.807, 2.05) is 0 Å². The van der Waals surface area contributed by atoms with Gasteiger partial charge in [0, 0.05) is 12.8 Å². The van der Waals surface area contributed by atoms with Crippen LogP contribution in [0.2, 0.25) is 0 Å². The van der Waals surface area contributed by atoms with Gasteiger partial charge in [0.15, 0.2) is 0 Å². The number of phosphoric acid groups is 1. The number of rotatable bonds is 6. The Labute approximate surface area is 123 Å². The van der Waals surface area contributed by atoms with E-state index in [1.165, 1.54) is 0 Å². The minimum atomic E-state index is -4.30. The van der Waals surface area contributed by atoms with E-state index in [-0.39, 0.29) is 25.4 Å². The molecule has 3 N–H and O–H groups in total. The smallest absolute Gasteiger partial charge is 0.394 e. The largest absolute Gasteiger partial charge is 0.472 e. The Morgan fingerprint density at radius 1 is 1.19 bits per heavy atom. The maximum Gasteiger partial charge on any atom is 0.472 e. The number of phosphoric ester groups is 1. The van der Waals surface area contributed by atoms with Crippen molar-refractivity contribution >= 4 is 7.82 Å². The minimum Gasteiger partial charge on any atom is -0.394 e. The van der Waals surface area contributed by atoms with Gasteiger partial charge in [0.1, 0.15) is 18.3 Å². The third-order valence-corrected chi connectivity index (χ3v) is 4.66. The fraction of sp³-hybridized carbons (Fsp3) is 1.00. The molecule has 1 unspecified atom stereocenters. The SMILES string of the molecule is C[C@H]1C[C@H](OP(=O)(O)OC[C@H]2O[C@@H](C)C[C@@H]2O)[C@@H](CO)O1. The van der Waals surface area contributed by atoms with E-state index < -0.39 is 32.2 Å². The highest BCUT2D eigenvalue weighted by Crippen LogP contribution is 2.47. The molecule has 21 heavy (non-hydrogen) atoms. The second-order valence-electron chi connectivity index (χ2n) is 5.60. The summed E-state index contributed by atoms with van der Waals surface area (Å²) in [5, 5.41) is 18.8. The summed E-state index contributed by atoms with van der Waals surface area (Å²) in [4.78, 5) is 9.72. The van der Waals surface area contributed by atoms with Crippen LogP contribution in [0.5, 0.6) is 0 Å². The molecule has 9 heteroatoms. The van der Waals surface area contributed by atoms with Crippen LogP contribution < -0.4 is 0 Å². The summed E-state index contributed by atoms with van der Waals surface area (Å²) < 4.78 is 32.6. The Bertz CT molecular complexity index is 391. The molecule has 0 bridgehead atoms. The molecule has 0 amide bonds. The first kappa shape index (κ1) is 17.3. The van der Waals surface area contributed by atoms with Crippen LogP contribution in [0.4, 0.5) is 0 Å². The first-order valence-corrected chi connectivity index (χ1v) is 8.56. The molecule has 2 rings (SSSR count). The summed E-state index contributed by atoms with van der Waals surface area (Å²) in [6, 6.07) is 0. The summed E-state index contributed by atoms with van der Waals surface area (Å²) in [5.74, 6) is 0. The number of aliphatic hydroxyl groups excluding tert-OH is 2. The van der Waals surface area contributed by atoms with Gasteiger partial charge in [-0.05, 0) is 13.8 Å². The quantitative estimate of drug-likeness (QED) is 0.593. The molecule has 0 saturated carbocycles. The van der Waals surface area contributed by atoms with Gasteiger partial charge >= 0.3 is 7.82 Å². The molecule has 0 spiro atoms. The van der Waals surface area contributed by atoms with Crippen LogP contribution in [0.25, 0.3) is 0 Å². The van der Waals surface area contributed by atoms with Crippen LogP contribution in [-0.4, -0.2) is 64.9 Å². The Balaban J connectivity index is 1.83. The topological polar surface area (TPSA) is 115 Å². The summed E-state index contributed by atoms with van der Waals surface area (Å²) in [7, 11) is -4.30. The highest BCUT2D eigenvalue weighted by Gasteiger charge is 2.40. The predicted octanol–water partition coefficient (Wildman–Crippen LogP) is 0.197. The zero-order valence-electron chi connectivity index (χ0n) is 12.1. The standard InChI is InChI=1S/C12H23O8P/c1-7-3-9(14)12(19-7)6-17-21(15,16)20-10-4-8(2)18-11(10)5-13/h7-14H,3-6H2,1-2H3,(H,15,16)/t7-,8-,9-,10-,11+,12+/m0/s1.